The molecule has 2 rings (SSSR count). The van der Waals surface area contributed by atoms with E-state index in [9.17, 15) is 14.7 Å². The normalized spacial score (nSPS) is 10.5. The summed E-state index contributed by atoms with van der Waals surface area (Å²) in [6.07, 6.45) is 0.420. The number of aliphatic carboxylic acids is 1. The molecule has 1 aromatic carbocycles. The molecule has 6 nitrogen and oxygen atoms in total. The van der Waals surface area contributed by atoms with Crippen LogP contribution in [0.4, 0.5) is 0 Å². The number of hydrogen-bond donors (Lipinski definition) is 4. The lowest BCUT2D eigenvalue weighted by Crippen LogP contribution is -2.25. The number of fused-ring (bicyclic) bond motifs is 1. The molecule has 4 N–H and O–H groups in total. The minimum Gasteiger partial charge on any atom is -0.508 e. The average molecular weight is 262 g/mol. The molecule has 0 unspecified atom stereocenters. The van der Waals surface area contributed by atoms with Crippen molar-refractivity contribution in [1.82, 2.24) is 10.3 Å². The molecule has 1 heterocycles. The molecule has 0 fully saturated rings. The summed E-state index contributed by atoms with van der Waals surface area (Å²) in [4.78, 5) is 25.0. The molecule has 1 amide bonds. The van der Waals surface area contributed by atoms with Gasteiger partial charge in [0.25, 0.3) is 5.91 Å². The smallest absolute Gasteiger partial charge is 0.303 e. The van der Waals surface area contributed by atoms with Crippen LogP contribution < -0.4 is 5.32 Å². The number of nitrogens with one attached hydrogen (secondary N) is 2. The fourth-order valence-electron chi connectivity index (χ4n) is 1.78. The Bertz CT molecular complexity index is 618. The second kappa shape index (κ2) is 5.43. The quantitative estimate of drug-likeness (QED) is 0.613. The largest absolute Gasteiger partial charge is 0.508 e. The number of hydrogen-bond acceptors (Lipinski definition) is 3. The van der Waals surface area contributed by atoms with Crippen LogP contribution in [0.1, 0.15) is 23.3 Å². The van der Waals surface area contributed by atoms with Gasteiger partial charge in [-0.05, 0) is 30.7 Å². The molecule has 0 atom stereocenters. The number of carboxylic acids is 1. The Labute approximate surface area is 109 Å². The highest BCUT2D eigenvalue weighted by Crippen LogP contribution is 2.20. The van der Waals surface area contributed by atoms with Crippen molar-refractivity contribution in [1.29, 1.82) is 0 Å². The summed E-state index contributed by atoms with van der Waals surface area (Å²) in [5.74, 6) is -1.03. The Morgan fingerprint density at radius 2 is 2.05 bits per heavy atom. The van der Waals surface area contributed by atoms with E-state index in [1.807, 2.05) is 0 Å². The zero-order valence-electron chi connectivity index (χ0n) is 10.1. The zero-order valence-corrected chi connectivity index (χ0v) is 10.1. The van der Waals surface area contributed by atoms with Crippen molar-refractivity contribution in [2.75, 3.05) is 6.54 Å². The molecular formula is C13H14N2O4. The number of amides is 1. The predicted molar refractivity (Wildman–Crippen MR) is 69.2 cm³/mol. The third-order valence-corrected chi connectivity index (χ3v) is 2.70. The maximum Gasteiger partial charge on any atom is 0.303 e. The number of phenols is 1. The highest BCUT2D eigenvalue weighted by Gasteiger charge is 2.09. The summed E-state index contributed by atoms with van der Waals surface area (Å²) in [5.41, 5.74) is 1.14. The van der Waals surface area contributed by atoms with Gasteiger partial charge in [0.15, 0.2) is 0 Å². The number of rotatable bonds is 5. The van der Waals surface area contributed by atoms with Gasteiger partial charge in [-0.25, -0.2) is 0 Å². The summed E-state index contributed by atoms with van der Waals surface area (Å²) < 4.78 is 0. The summed E-state index contributed by atoms with van der Waals surface area (Å²) in [6, 6.07) is 6.42. The Morgan fingerprint density at radius 3 is 2.79 bits per heavy atom. The molecule has 0 saturated carbocycles. The lowest BCUT2D eigenvalue weighted by Gasteiger charge is -2.01. The fraction of sp³-hybridized carbons (Fsp3) is 0.231. The van der Waals surface area contributed by atoms with Crippen molar-refractivity contribution in [3.8, 4) is 5.75 Å². The summed E-state index contributed by atoms with van der Waals surface area (Å²) in [6.45, 7) is 0.311. The molecule has 0 bridgehead atoms. The highest BCUT2D eigenvalue weighted by molar-refractivity contribution is 5.98. The van der Waals surface area contributed by atoms with Crippen LogP contribution in [0.15, 0.2) is 24.3 Å². The van der Waals surface area contributed by atoms with Gasteiger partial charge < -0.3 is 20.5 Å². The van der Waals surface area contributed by atoms with Crippen LogP contribution in [0, 0.1) is 0 Å². The number of carbonyl (C=O) groups is 2. The molecule has 0 aliphatic rings. The van der Waals surface area contributed by atoms with Gasteiger partial charge in [-0.3, -0.25) is 9.59 Å². The second-order valence-electron chi connectivity index (χ2n) is 4.21. The van der Waals surface area contributed by atoms with Crippen LogP contribution in [0.3, 0.4) is 0 Å². The summed E-state index contributed by atoms with van der Waals surface area (Å²) >= 11 is 0. The van der Waals surface area contributed by atoms with Gasteiger partial charge in [-0.15, -0.1) is 0 Å². The third-order valence-electron chi connectivity index (χ3n) is 2.70. The topological polar surface area (TPSA) is 102 Å². The van der Waals surface area contributed by atoms with E-state index in [0.717, 1.165) is 10.9 Å². The Hall–Kier alpha value is -2.50. The molecule has 1 aromatic heterocycles. The standard InChI is InChI=1S/C13H14N2O4/c16-9-3-4-10-8(6-9)7-11(15-10)13(19)14-5-1-2-12(17)18/h3-4,6-7,15-16H,1-2,5H2,(H,14,19)(H,17,18). The first-order valence-electron chi connectivity index (χ1n) is 5.88. The zero-order chi connectivity index (χ0) is 13.8. The highest BCUT2D eigenvalue weighted by atomic mass is 16.4. The molecule has 0 aliphatic heterocycles. The molecule has 0 spiro atoms. The number of aromatic hydroxyl groups is 1. The molecule has 6 heteroatoms. The molecule has 0 aliphatic carbocycles. The van der Waals surface area contributed by atoms with Crippen molar-refractivity contribution in [3.05, 3.63) is 30.0 Å². The SMILES string of the molecule is O=C(O)CCCNC(=O)c1cc2cc(O)ccc2[nH]1. The predicted octanol–water partition coefficient (Wildman–Crippen LogP) is 1.47. The van der Waals surface area contributed by atoms with Gasteiger partial charge in [0, 0.05) is 23.9 Å². The molecular weight excluding hydrogens is 248 g/mol. The van der Waals surface area contributed by atoms with E-state index in [-0.39, 0.29) is 18.1 Å². The fourth-order valence-corrected chi connectivity index (χ4v) is 1.78. The third kappa shape index (κ3) is 3.25. The summed E-state index contributed by atoms with van der Waals surface area (Å²) in [7, 11) is 0. The number of carbonyl (C=O) groups excluding carboxylic acids is 1. The lowest BCUT2D eigenvalue weighted by molar-refractivity contribution is -0.137. The van der Waals surface area contributed by atoms with E-state index >= 15 is 0 Å². The second-order valence-corrected chi connectivity index (χ2v) is 4.21. The number of aromatic nitrogens is 1. The molecule has 0 saturated heterocycles. The lowest BCUT2D eigenvalue weighted by atomic mass is 10.2. The van der Waals surface area contributed by atoms with Gasteiger partial charge in [0.05, 0.1) is 0 Å². The van der Waals surface area contributed by atoms with Gasteiger partial charge >= 0.3 is 5.97 Å². The van der Waals surface area contributed by atoms with Gasteiger partial charge in [0.2, 0.25) is 0 Å². The van der Waals surface area contributed by atoms with Crippen LogP contribution >= 0.6 is 0 Å². The van der Waals surface area contributed by atoms with Gasteiger partial charge in [0.1, 0.15) is 11.4 Å². The Kier molecular flexibility index (Phi) is 3.70. The van der Waals surface area contributed by atoms with Crippen molar-refractivity contribution < 1.29 is 19.8 Å². The minimum atomic E-state index is -0.879. The molecule has 0 radical (unpaired) electrons. The van der Waals surface area contributed by atoms with Crippen LogP contribution in [0.2, 0.25) is 0 Å². The van der Waals surface area contributed by atoms with Gasteiger partial charge in [-0.2, -0.15) is 0 Å². The number of phenolic OH excluding ortho intramolecular Hbond substituents is 1. The van der Waals surface area contributed by atoms with Crippen LogP contribution in [-0.2, 0) is 4.79 Å². The average Bonchev–Trinajstić information content (AvgIpc) is 2.77. The van der Waals surface area contributed by atoms with E-state index in [2.05, 4.69) is 10.3 Å². The van der Waals surface area contributed by atoms with Crippen LogP contribution in [0.25, 0.3) is 10.9 Å². The molecule has 19 heavy (non-hydrogen) atoms. The van der Waals surface area contributed by atoms with Crippen molar-refractivity contribution in [3.63, 3.8) is 0 Å². The van der Waals surface area contributed by atoms with Crippen LogP contribution in [-0.4, -0.2) is 33.6 Å². The van der Waals surface area contributed by atoms with Crippen molar-refractivity contribution >= 4 is 22.8 Å². The maximum absolute atomic E-state index is 11.8. The first kappa shape index (κ1) is 12.9. The molecule has 2 aromatic rings. The molecule has 100 valence electrons. The van der Waals surface area contributed by atoms with E-state index in [1.165, 1.54) is 6.07 Å². The first-order valence-corrected chi connectivity index (χ1v) is 5.88. The van der Waals surface area contributed by atoms with Gasteiger partial charge in [-0.1, -0.05) is 0 Å². The number of benzene rings is 1. The van der Waals surface area contributed by atoms with Crippen LogP contribution in [0.5, 0.6) is 5.75 Å². The maximum atomic E-state index is 11.8. The number of carboxylic acid groups (broad SMARTS) is 1. The van der Waals surface area contributed by atoms with E-state index in [0.29, 0.717) is 18.7 Å². The Morgan fingerprint density at radius 1 is 1.26 bits per heavy atom. The van der Waals surface area contributed by atoms with Crippen molar-refractivity contribution in [2.24, 2.45) is 0 Å². The van der Waals surface area contributed by atoms with E-state index < -0.39 is 5.97 Å². The van der Waals surface area contributed by atoms with E-state index in [4.69, 9.17) is 5.11 Å². The first-order chi connectivity index (χ1) is 9.06. The minimum absolute atomic E-state index is 0.0286. The number of H-pyrrole nitrogens is 1. The Balaban J connectivity index is 1.99. The monoisotopic (exact) mass is 262 g/mol. The summed E-state index contributed by atoms with van der Waals surface area (Å²) in [5, 5.41) is 21.2. The van der Waals surface area contributed by atoms with Crippen molar-refractivity contribution in [2.45, 2.75) is 12.8 Å². The number of aromatic amines is 1. The van der Waals surface area contributed by atoms with E-state index in [1.54, 1.807) is 18.2 Å².